The molecule has 7 nitrogen and oxygen atoms in total. The summed E-state index contributed by atoms with van der Waals surface area (Å²) in [5.41, 5.74) is 0.0949. The minimum Gasteiger partial charge on any atom is -0.508 e. The molecule has 158 valence electrons. The maximum atomic E-state index is 13.0. The predicted molar refractivity (Wildman–Crippen MR) is 110 cm³/mol. The van der Waals surface area contributed by atoms with Gasteiger partial charge in [0.25, 0.3) is 0 Å². The van der Waals surface area contributed by atoms with E-state index in [4.69, 9.17) is 18.9 Å². The Morgan fingerprint density at radius 2 is 2.03 bits per heavy atom. The minimum atomic E-state index is -0.931. The molecular formula is C24H21NO6. The number of phenolic OH excluding ortho intramolecular Hbond substituents is 1. The number of fused-ring (bicyclic) bond motifs is 1. The van der Waals surface area contributed by atoms with Crippen molar-refractivity contribution in [2.24, 2.45) is 11.8 Å². The Morgan fingerprint density at radius 3 is 2.77 bits per heavy atom. The van der Waals surface area contributed by atoms with Crippen LogP contribution in [0.3, 0.4) is 0 Å². The molecule has 0 aromatic heterocycles. The van der Waals surface area contributed by atoms with Gasteiger partial charge >= 0.3 is 5.97 Å². The quantitative estimate of drug-likeness (QED) is 0.254. The van der Waals surface area contributed by atoms with Crippen LogP contribution in [-0.4, -0.2) is 43.7 Å². The SMILES string of the molecule is COCOC(=O)C1=C(OC)[C@@H]2C#C/C=C\C#C[C@@H]3Nc4ccc(O)cc4[C@]24O[C@@]34[C@H]1C. The van der Waals surface area contributed by atoms with E-state index in [1.165, 1.54) is 14.2 Å². The summed E-state index contributed by atoms with van der Waals surface area (Å²) in [4.78, 5) is 13.0. The lowest BCUT2D eigenvalue weighted by Gasteiger charge is -2.42. The zero-order valence-electron chi connectivity index (χ0n) is 17.3. The number of epoxide rings is 1. The molecule has 2 heterocycles. The molecule has 7 heteroatoms. The van der Waals surface area contributed by atoms with Gasteiger partial charge in [-0.3, -0.25) is 0 Å². The highest BCUT2D eigenvalue weighted by Crippen LogP contribution is 2.73. The molecule has 1 saturated heterocycles. The van der Waals surface area contributed by atoms with Crippen LogP contribution in [0.5, 0.6) is 5.75 Å². The lowest BCUT2D eigenvalue weighted by molar-refractivity contribution is -0.150. The summed E-state index contributed by atoms with van der Waals surface area (Å²) in [6.07, 6.45) is 3.35. The van der Waals surface area contributed by atoms with Gasteiger partial charge in [0.1, 0.15) is 34.7 Å². The molecule has 1 fully saturated rings. The van der Waals surface area contributed by atoms with E-state index in [2.05, 4.69) is 29.0 Å². The van der Waals surface area contributed by atoms with Gasteiger partial charge in [0.05, 0.1) is 12.7 Å². The summed E-state index contributed by atoms with van der Waals surface area (Å²) < 4.78 is 22.6. The first-order valence-corrected chi connectivity index (χ1v) is 9.92. The standard InChI is InChI=1S/C24H21NO6/c1-14-20(22(27)30-13-28-2)21(29-3)16-8-6-4-5-7-9-19-23(14)24(16,31-23)17-12-15(26)10-11-18(17)25-19/h4-5,10-12,14,16,19,25-26H,13H2,1-3H3/b5-4-/t14-,16-,19-,23-,24+/m0/s1. The van der Waals surface area contributed by atoms with E-state index in [1.807, 2.05) is 6.92 Å². The monoisotopic (exact) mass is 419 g/mol. The number of ether oxygens (including phenoxy) is 4. The van der Waals surface area contributed by atoms with Crippen molar-refractivity contribution in [3.05, 3.63) is 47.2 Å². The van der Waals surface area contributed by atoms with Crippen molar-refractivity contribution < 1.29 is 28.8 Å². The number of esters is 1. The van der Waals surface area contributed by atoms with Crippen LogP contribution >= 0.6 is 0 Å². The van der Waals surface area contributed by atoms with E-state index < -0.39 is 35.0 Å². The van der Waals surface area contributed by atoms with Crippen LogP contribution in [0, 0.1) is 35.5 Å². The molecule has 0 saturated carbocycles. The lowest BCUT2D eigenvalue weighted by Crippen LogP contribution is -2.55. The number of phenols is 1. The van der Waals surface area contributed by atoms with Gasteiger partial charge in [0, 0.05) is 24.3 Å². The first-order valence-electron chi connectivity index (χ1n) is 9.92. The van der Waals surface area contributed by atoms with Crippen LogP contribution in [0.1, 0.15) is 12.5 Å². The van der Waals surface area contributed by atoms with Gasteiger partial charge in [-0.05, 0) is 30.4 Å². The topological polar surface area (TPSA) is 89.6 Å². The van der Waals surface area contributed by atoms with Crippen LogP contribution < -0.4 is 5.32 Å². The molecule has 1 aromatic carbocycles. The molecule has 2 aliphatic carbocycles. The van der Waals surface area contributed by atoms with Gasteiger partial charge < -0.3 is 29.4 Å². The van der Waals surface area contributed by atoms with E-state index >= 15 is 0 Å². The normalized spacial score (nSPS) is 34.4. The molecule has 4 bridgehead atoms. The maximum absolute atomic E-state index is 13.0. The smallest absolute Gasteiger partial charge is 0.339 e. The number of methoxy groups -OCH3 is 2. The van der Waals surface area contributed by atoms with Crippen molar-refractivity contribution in [2.45, 2.75) is 24.2 Å². The third kappa shape index (κ3) is 2.42. The summed E-state index contributed by atoms with van der Waals surface area (Å²) in [7, 11) is 2.96. The molecule has 4 aliphatic rings. The largest absolute Gasteiger partial charge is 0.508 e. The molecular weight excluding hydrogens is 398 g/mol. The minimum absolute atomic E-state index is 0.114. The second-order valence-corrected chi connectivity index (χ2v) is 7.82. The highest BCUT2D eigenvalue weighted by atomic mass is 16.7. The van der Waals surface area contributed by atoms with Crippen molar-refractivity contribution in [2.75, 3.05) is 26.3 Å². The van der Waals surface area contributed by atoms with Crippen molar-refractivity contribution in [3.8, 4) is 29.4 Å². The van der Waals surface area contributed by atoms with E-state index in [1.54, 1.807) is 30.4 Å². The van der Waals surface area contributed by atoms with Gasteiger partial charge in [-0.15, -0.1) is 0 Å². The number of benzene rings is 1. The van der Waals surface area contributed by atoms with E-state index in [0.717, 1.165) is 11.3 Å². The molecule has 0 spiro atoms. The molecule has 5 rings (SSSR count). The summed E-state index contributed by atoms with van der Waals surface area (Å²) in [5.74, 6) is 11.4. The zero-order chi connectivity index (χ0) is 21.8. The number of carbonyl (C=O) groups is 1. The third-order valence-electron chi connectivity index (χ3n) is 6.46. The Hall–Kier alpha value is -3.39. The lowest BCUT2D eigenvalue weighted by atomic mass is 9.60. The highest BCUT2D eigenvalue weighted by Gasteiger charge is 2.84. The molecule has 2 aliphatic heterocycles. The van der Waals surface area contributed by atoms with E-state index in [-0.39, 0.29) is 12.5 Å². The molecule has 0 amide bonds. The predicted octanol–water partition coefficient (Wildman–Crippen LogP) is 2.04. The molecule has 0 radical (unpaired) electrons. The second-order valence-electron chi connectivity index (χ2n) is 7.82. The molecule has 5 atom stereocenters. The van der Waals surface area contributed by atoms with Crippen LogP contribution in [0.2, 0.25) is 0 Å². The molecule has 0 unspecified atom stereocenters. The number of rotatable bonds is 4. The van der Waals surface area contributed by atoms with Gasteiger partial charge in [-0.2, -0.15) is 0 Å². The fraction of sp³-hybridized carbons (Fsp3) is 0.375. The average molecular weight is 419 g/mol. The van der Waals surface area contributed by atoms with Crippen LogP contribution in [-0.2, 0) is 29.3 Å². The fourth-order valence-electron chi connectivity index (χ4n) is 5.23. The number of aromatic hydroxyl groups is 1. The summed E-state index contributed by atoms with van der Waals surface area (Å²) in [6.45, 7) is 1.72. The van der Waals surface area contributed by atoms with Gasteiger partial charge in [0.15, 0.2) is 6.79 Å². The fourth-order valence-corrected chi connectivity index (χ4v) is 5.23. The van der Waals surface area contributed by atoms with Gasteiger partial charge in [0.2, 0.25) is 0 Å². The van der Waals surface area contributed by atoms with E-state index in [9.17, 15) is 9.90 Å². The average Bonchev–Trinajstić information content (AvgIpc) is 3.49. The first kappa shape index (κ1) is 19.6. The van der Waals surface area contributed by atoms with Crippen molar-refractivity contribution >= 4 is 11.7 Å². The number of nitrogens with one attached hydrogen (secondary N) is 1. The second kappa shape index (κ2) is 6.81. The Bertz CT molecular complexity index is 1160. The number of hydrogen-bond donors (Lipinski definition) is 2. The zero-order valence-corrected chi connectivity index (χ0v) is 17.3. The number of anilines is 1. The van der Waals surface area contributed by atoms with Crippen molar-refractivity contribution in [3.63, 3.8) is 0 Å². The van der Waals surface area contributed by atoms with Crippen LogP contribution in [0.4, 0.5) is 5.69 Å². The Labute approximate surface area is 180 Å². The van der Waals surface area contributed by atoms with Crippen molar-refractivity contribution in [1.82, 2.24) is 0 Å². The number of allylic oxidation sites excluding steroid dienone is 2. The number of carbonyl (C=O) groups excluding carboxylic acids is 1. The molecule has 31 heavy (non-hydrogen) atoms. The Morgan fingerprint density at radius 1 is 1.26 bits per heavy atom. The first-order chi connectivity index (χ1) is 15.0. The molecule has 1 aromatic rings. The maximum Gasteiger partial charge on any atom is 0.339 e. The summed E-state index contributed by atoms with van der Waals surface area (Å²) >= 11 is 0. The number of hydrogen-bond acceptors (Lipinski definition) is 7. The highest BCUT2D eigenvalue weighted by molar-refractivity contribution is 5.91. The van der Waals surface area contributed by atoms with Crippen molar-refractivity contribution in [1.29, 1.82) is 0 Å². The van der Waals surface area contributed by atoms with Crippen LogP contribution in [0.25, 0.3) is 0 Å². The van der Waals surface area contributed by atoms with Gasteiger partial charge in [-0.1, -0.05) is 30.6 Å². The summed E-state index contributed by atoms with van der Waals surface area (Å²) in [5, 5.41) is 13.7. The third-order valence-corrected chi connectivity index (χ3v) is 6.46. The Balaban J connectivity index is 1.80. The van der Waals surface area contributed by atoms with Gasteiger partial charge in [-0.25, -0.2) is 4.79 Å². The van der Waals surface area contributed by atoms with E-state index in [0.29, 0.717) is 11.3 Å². The summed E-state index contributed by atoms with van der Waals surface area (Å²) in [6, 6.07) is 4.67. The molecule has 2 N–H and O–H groups in total. The van der Waals surface area contributed by atoms with Crippen LogP contribution in [0.15, 0.2) is 41.7 Å². The Kier molecular flexibility index (Phi) is 4.30.